The number of aliphatic hydroxyl groups is 1. The molecule has 2 N–H and O–H groups in total. The molecule has 20 heavy (non-hydrogen) atoms. The minimum absolute atomic E-state index is 0.0103. The quantitative estimate of drug-likeness (QED) is 0.868. The second-order valence-electron chi connectivity index (χ2n) is 5.91. The molecule has 0 bridgehead atoms. The van der Waals surface area contributed by atoms with E-state index in [0.29, 0.717) is 12.8 Å². The van der Waals surface area contributed by atoms with Crippen LogP contribution in [0.25, 0.3) is 0 Å². The van der Waals surface area contributed by atoms with Crippen LogP contribution in [0.15, 0.2) is 18.2 Å². The molecule has 0 saturated heterocycles. The van der Waals surface area contributed by atoms with E-state index in [1.54, 1.807) is 6.92 Å². The average molecular weight is 275 g/mol. The zero-order chi connectivity index (χ0) is 14.5. The zero-order valence-electron chi connectivity index (χ0n) is 12.5. The summed E-state index contributed by atoms with van der Waals surface area (Å²) in [4.78, 5) is 11.8. The summed E-state index contributed by atoms with van der Waals surface area (Å²) in [6.45, 7) is 3.73. The van der Waals surface area contributed by atoms with Gasteiger partial charge in [-0.05, 0) is 62.6 Å². The molecule has 0 aromatic heterocycles. The third-order valence-electron chi connectivity index (χ3n) is 4.04. The van der Waals surface area contributed by atoms with Gasteiger partial charge in [0.15, 0.2) is 0 Å². The Kier molecular flexibility index (Phi) is 5.18. The summed E-state index contributed by atoms with van der Waals surface area (Å²) >= 11 is 0. The third kappa shape index (κ3) is 4.07. The molecule has 3 nitrogen and oxygen atoms in total. The molecule has 110 valence electrons. The van der Waals surface area contributed by atoms with Crippen LogP contribution in [-0.2, 0) is 17.6 Å². The van der Waals surface area contributed by atoms with E-state index in [-0.39, 0.29) is 11.9 Å². The average Bonchev–Trinajstić information content (AvgIpc) is 2.44. The Morgan fingerprint density at radius 2 is 1.95 bits per heavy atom. The number of amides is 1. The van der Waals surface area contributed by atoms with Gasteiger partial charge < -0.3 is 10.4 Å². The first-order valence-electron chi connectivity index (χ1n) is 7.65. The largest absolute Gasteiger partial charge is 0.393 e. The molecule has 1 aliphatic carbocycles. The molecular weight excluding hydrogens is 250 g/mol. The molecule has 3 heteroatoms. The van der Waals surface area contributed by atoms with Crippen molar-refractivity contribution in [3.05, 3.63) is 34.9 Å². The summed E-state index contributed by atoms with van der Waals surface area (Å²) in [7, 11) is 0. The number of aliphatic hydroxyl groups excluding tert-OH is 1. The Morgan fingerprint density at radius 1 is 1.25 bits per heavy atom. The predicted molar refractivity (Wildman–Crippen MR) is 80.6 cm³/mol. The number of hydrogen-bond acceptors (Lipinski definition) is 2. The van der Waals surface area contributed by atoms with Gasteiger partial charge in [0.25, 0.3) is 0 Å². The Hall–Kier alpha value is -1.35. The highest BCUT2D eigenvalue weighted by Gasteiger charge is 2.14. The van der Waals surface area contributed by atoms with Crippen LogP contribution in [0, 0.1) is 0 Å². The molecule has 1 aromatic rings. The van der Waals surface area contributed by atoms with E-state index >= 15 is 0 Å². The van der Waals surface area contributed by atoms with Gasteiger partial charge in [-0.2, -0.15) is 0 Å². The molecule has 0 saturated carbocycles. The number of nitrogens with one attached hydrogen (secondary N) is 1. The van der Waals surface area contributed by atoms with Gasteiger partial charge in [0, 0.05) is 6.42 Å². The number of hydrogen-bond donors (Lipinski definition) is 2. The predicted octanol–water partition coefficient (Wildman–Crippen LogP) is 2.90. The van der Waals surface area contributed by atoms with Crippen LogP contribution < -0.4 is 5.32 Å². The topological polar surface area (TPSA) is 49.3 Å². The van der Waals surface area contributed by atoms with E-state index < -0.39 is 6.10 Å². The molecule has 1 aliphatic rings. The van der Waals surface area contributed by atoms with Crippen molar-refractivity contribution in [2.45, 2.75) is 64.5 Å². The fourth-order valence-corrected chi connectivity index (χ4v) is 2.76. The summed E-state index contributed by atoms with van der Waals surface area (Å²) in [5, 5.41) is 12.2. The van der Waals surface area contributed by atoms with Gasteiger partial charge in [0.05, 0.1) is 12.1 Å². The molecule has 0 spiro atoms. The van der Waals surface area contributed by atoms with Crippen molar-refractivity contribution >= 4 is 5.91 Å². The van der Waals surface area contributed by atoms with Crippen molar-refractivity contribution in [3.63, 3.8) is 0 Å². The normalized spacial score (nSPS) is 17.1. The van der Waals surface area contributed by atoms with E-state index in [1.165, 1.54) is 36.0 Å². The molecule has 0 fully saturated rings. The van der Waals surface area contributed by atoms with Crippen LogP contribution in [-0.4, -0.2) is 17.1 Å². The Morgan fingerprint density at radius 3 is 2.65 bits per heavy atom. The van der Waals surface area contributed by atoms with E-state index in [1.807, 2.05) is 6.92 Å². The van der Waals surface area contributed by atoms with E-state index in [2.05, 4.69) is 23.5 Å². The smallest absolute Gasteiger partial charge is 0.220 e. The van der Waals surface area contributed by atoms with Gasteiger partial charge in [-0.25, -0.2) is 0 Å². The zero-order valence-corrected chi connectivity index (χ0v) is 12.5. The first kappa shape index (κ1) is 15.0. The molecule has 2 unspecified atom stereocenters. The summed E-state index contributed by atoms with van der Waals surface area (Å²) in [6, 6.07) is 6.61. The molecule has 0 radical (unpaired) electrons. The van der Waals surface area contributed by atoms with Gasteiger partial charge in [-0.1, -0.05) is 18.2 Å². The summed E-state index contributed by atoms with van der Waals surface area (Å²) < 4.78 is 0. The first-order valence-corrected chi connectivity index (χ1v) is 7.65. The van der Waals surface area contributed by atoms with E-state index in [9.17, 15) is 9.90 Å². The number of carbonyl (C=O) groups excluding carboxylic acids is 1. The van der Waals surface area contributed by atoms with Crippen LogP contribution in [0.4, 0.5) is 0 Å². The summed E-state index contributed by atoms with van der Waals surface area (Å²) in [6.07, 6.45) is 5.38. The van der Waals surface area contributed by atoms with E-state index in [4.69, 9.17) is 0 Å². The Bertz CT molecular complexity index is 468. The van der Waals surface area contributed by atoms with Gasteiger partial charge in [-0.15, -0.1) is 0 Å². The number of carbonyl (C=O) groups is 1. The van der Waals surface area contributed by atoms with Crippen LogP contribution in [0.1, 0.15) is 62.3 Å². The van der Waals surface area contributed by atoms with Crippen LogP contribution in [0.2, 0.25) is 0 Å². The highest BCUT2D eigenvalue weighted by atomic mass is 16.3. The molecular formula is C17H25NO2. The minimum Gasteiger partial charge on any atom is -0.393 e. The molecule has 2 atom stereocenters. The van der Waals surface area contributed by atoms with Gasteiger partial charge >= 0.3 is 0 Å². The molecule has 1 amide bonds. The lowest BCUT2D eigenvalue weighted by atomic mass is 9.89. The maximum absolute atomic E-state index is 11.8. The summed E-state index contributed by atoms with van der Waals surface area (Å²) in [5.41, 5.74) is 4.09. The number of fused-ring (bicyclic) bond motifs is 1. The van der Waals surface area contributed by atoms with Gasteiger partial charge in [0.1, 0.15) is 0 Å². The number of benzene rings is 1. The van der Waals surface area contributed by atoms with Crippen molar-refractivity contribution < 1.29 is 9.90 Å². The molecule has 0 heterocycles. The lowest BCUT2D eigenvalue weighted by Crippen LogP contribution is -2.27. The van der Waals surface area contributed by atoms with Crippen molar-refractivity contribution in [1.82, 2.24) is 5.32 Å². The van der Waals surface area contributed by atoms with Crippen molar-refractivity contribution in [2.75, 3.05) is 0 Å². The maximum atomic E-state index is 11.8. The standard InChI is InChI=1S/C17H25NO2/c1-12(19)7-10-17(20)18-13(2)15-9-8-14-5-3-4-6-16(14)11-15/h8-9,11-13,19H,3-7,10H2,1-2H3,(H,18,20). The van der Waals surface area contributed by atoms with Crippen molar-refractivity contribution in [3.8, 4) is 0 Å². The fourth-order valence-electron chi connectivity index (χ4n) is 2.76. The second-order valence-corrected chi connectivity index (χ2v) is 5.91. The summed E-state index contributed by atoms with van der Waals surface area (Å²) in [5.74, 6) is 0.0103. The van der Waals surface area contributed by atoms with Gasteiger partial charge in [0.2, 0.25) is 5.91 Å². The maximum Gasteiger partial charge on any atom is 0.220 e. The lowest BCUT2D eigenvalue weighted by molar-refractivity contribution is -0.122. The molecule has 2 rings (SSSR count). The Balaban J connectivity index is 1.95. The minimum atomic E-state index is -0.417. The lowest BCUT2D eigenvalue weighted by Gasteiger charge is -2.20. The number of aryl methyl sites for hydroxylation is 2. The highest BCUT2D eigenvalue weighted by Crippen LogP contribution is 2.24. The SMILES string of the molecule is CC(O)CCC(=O)NC(C)c1ccc2c(c1)CCCC2. The number of rotatable bonds is 5. The molecule has 0 aliphatic heterocycles. The highest BCUT2D eigenvalue weighted by molar-refractivity contribution is 5.76. The third-order valence-corrected chi connectivity index (χ3v) is 4.04. The van der Waals surface area contributed by atoms with E-state index in [0.717, 1.165) is 6.42 Å². The first-order chi connectivity index (χ1) is 9.56. The second kappa shape index (κ2) is 6.89. The van der Waals surface area contributed by atoms with Crippen LogP contribution in [0.3, 0.4) is 0 Å². The molecule has 1 aromatic carbocycles. The van der Waals surface area contributed by atoms with Crippen molar-refractivity contribution in [2.24, 2.45) is 0 Å². The van der Waals surface area contributed by atoms with Crippen molar-refractivity contribution in [1.29, 1.82) is 0 Å². The monoisotopic (exact) mass is 275 g/mol. The Labute approximate surface area is 121 Å². The van der Waals surface area contributed by atoms with Crippen LogP contribution in [0.5, 0.6) is 0 Å². The fraction of sp³-hybridized carbons (Fsp3) is 0.588. The van der Waals surface area contributed by atoms with Crippen LogP contribution >= 0.6 is 0 Å². The van der Waals surface area contributed by atoms with Gasteiger partial charge in [-0.3, -0.25) is 4.79 Å².